The number of fused-ring (bicyclic) bond motifs is 1. The SMILES string of the molecule is Cc1ccc(OCC(=O)Nc2c(C#N)cnn2-c2cc(C)c3cccc(C)c3n2)c(C(C)(C)C)c1. The molecule has 0 bridgehead atoms. The van der Waals surface area contributed by atoms with E-state index in [0.29, 0.717) is 11.6 Å². The first-order valence-electron chi connectivity index (χ1n) is 11.5. The summed E-state index contributed by atoms with van der Waals surface area (Å²) in [6.45, 7) is 12.1. The molecule has 0 aliphatic rings. The van der Waals surface area contributed by atoms with Crippen LogP contribution in [0.3, 0.4) is 0 Å². The third kappa shape index (κ3) is 4.87. The Morgan fingerprint density at radius 1 is 1.11 bits per heavy atom. The van der Waals surface area contributed by atoms with Crippen LogP contribution in [0.2, 0.25) is 0 Å². The fourth-order valence-corrected chi connectivity index (χ4v) is 4.04. The van der Waals surface area contributed by atoms with Gasteiger partial charge in [0.05, 0.1) is 11.7 Å². The lowest BCUT2D eigenvalue weighted by atomic mass is 9.85. The number of nitrogens with zero attached hydrogens (tertiary/aromatic N) is 4. The second-order valence-corrected chi connectivity index (χ2v) is 9.79. The number of ether oxygens (including phenoxy) is 1. The van der Waals surface area contributed by atoms with E-state index in [1.165, 1.54) is 10.9 Å². The van der Waals surface area contributed by atoms with Crippen LogP contribution in [-0.2, 0) is 10.2 Å². The summed E-state index contributed by atoms with van der Waals surface area (Å²) in [5.74, 6) is 1.06. The van der Waals surface area contributed by atoms with Gasteiger partial charge < -0.3 is 10.1 Å². The van der Waals surface area contributed by atoms with Gasteiger partial charge in [-0.3, -0.25) is 4.79 Å². The largest absolute Gasteiger partial charge is 0.483 e. The first-order chi connectivity index (χ1) is 16.6. The summed E-state index contributed by atoms with van der Waals surface area (Å²) in [6, 6.07) is 15.9. The van der Waals surface area contributed by atoms with Crippen molar-refractivity contribution in [3.63, 3.8) is 0 Å². The number of para-hydroxylation sites is 1. The molecule has 35 heavy (non-hydrogen) atoms. The quantitative estimate of drug-likeness (QED) is 0.416. The minimum Gasteiger partial charge on any atom is -0.483 e. The van der Waals surface area contributed by atoms with Crippen molar-refractivity contribution >= 4 is 22.6 Å². The van der Waals surface area contributed by atoms with E-state index in [1.807, 2.05) is 57.2 Å². The van der Waals surface area contributed by atoms with Gasteiger partial charge >= 0.3 is 0 Å². The highest BCUT2D eigenvalue weighted by Gasteiger charge is 2.21. The Balaban J connectivity index is 1.62. The molecule has 0 unspecified atom stereocenters. The van der Waals surface area contributed by atoms with Gasteiger partial charge in [-0.2, -0.15) is 15.0 Å². The van der Waals surface area contributed by atoms with Gasteiger partial charge in [0.2, 0.25) is 0 Å². The number of hydrogen-bond acceptors (Lipinski definition) is 5. The molecule has 1 amide bonds. The van der Waals surface area contributed by atoms with Crippen LogP contribution >= 0.6 is 0 Å². The molecule has 4 aromatic rings. The summed E-state index contributed by atoms with van der Waals surface area (Å²) < 4.78 is 7.39. The zero-order valence-corrected chi connectivity index (χ0v) is 20.9. The summed E-state index contributed by atoms with van der Waals surface area (Å²) in [5.41, 5.74) is 5.17. The Morgan fingerprint density at radius 3 is 2.60 bits per heavy atom. The van der Waals surface area contributed by atoms with Crippen molar-refractivity contribution in [2.75, 3.05) is 11.9 Å². The molecule has 0 aliphatic heterocycles. The van der Waals surface area contributed by atoms with Crippen molar-refractivity contribution in [2.24, 2.45) is 0 Å². The second kappa shape index (κ2) is 9.22. The fourth-order valence-electron chi connectivity index (χ4n) is 4.04. The van der Waals surface area contributed by atoms with Crippen LogP contribution in [0, 0.1) is 32.1 Å². The van der Waals surface area contributed by atoms with Gasteiger partial charge in [0.25, 0.3) is 5.91 Å². The first-order valence-corrected chi connectivity index (χ1v) is 11.5. The van der Waals surface area contributed by atoms with E-state index in [2.05, 4.69) is 43.3 Å². The van der Waals surface area contributed by atoms with Crippen LogP contribution in [0.4, 0.5) is 5.82 Å². The Kier molecular flexibility index (Phi) is 6.31. The van der Waals surface area contributed by atoms with Gasteiger partial charge in [-0.15, -0.1) is 0 Å². The molecular weight excluding hydrogens is 438 g/mol. The van der Waals surface area contributed by atoms with E-state index in [4.69, 9.17) is 9.72 Å². The Bertz CT molecular complexity index is 1470. The number of hydrogen-bond donors (Lipinski definition) is 1. The number of rotatable bonds is 5. The third-order valence-corrected chi connectivity index (χ3v) is 5.90. The van der Waals surface area contributed by atoms with Crippen molar-refractivity contribution in [2.45, 2.75) is 47.0 Å². The van der Waals surface area contributed by atoms with E-state index >= 15 is 0 Å². The van der Waals surface area contributed by atoms with Crippen molar-refractivity contribution < 1.29 is 9.53 Å². The molecule has 0 spiro atoms. The predicted molar refractivity (Wildman–Crippen MR) is 137 cm³/mol. The maximum Gasteiger partial charge on any atom is 0.263 e. The molecule has 1 N–H and O–H groups in total. The van der Waals surface area contributed by atoms with Crippen LogP contribution in [-0.4, -0.2) is 27.3 Å². The van der Waals surface area contributed by atoms with Crippen molar-refractivity contribution in [3.8, 4) is 17.6 Å². The standard InChI is InChI=1S/C28H29N5O2/c1-17-10-11-23(22(12-17)28(4,5)6)35-16-25(34)32-27-20(14-29)15-30-33(27)24-13-19(3)21-9-7-8-18(2)26(21)31-24/h7-13,15H,16H2,1-6H3,(H,32,34). The molecule has 2 aromatic heterocycles. The van der Waals surface area contributed by atoms with Gasteiger partial charge in [0.15, 0.2) is 18.2 Å². The lowest BCUT2D eigenvalue weighted by Crippen LogP contribution is -2.24. The van der Waals surface area contributed by atoms with Crippen LogP contribution in [0.25, 0.3) is 16.7 Å². The van der Waals surface area contributed by atoms with Crippen LogP contribution < -0.4 is 10.1 Å². The maximum atomic E-state index is 12.9. The van der Waals surface area contributed by atoms with Gasteiger partial charge in [-0.05, 0) is 55.0 Å². The van der Waals surface area contributed by atoms with Gasteiger partial charge in [0, 0.05) is 5.39 Å². The van der Waals surface area contributed by atoms with Crippen molar-refractivity contribution in [1.29, 1.82) is 5.26 Å². The second-order valence-electron chi connectivity index (χ2n) is 9.79. The number of amides is 1. The number of pyridine rings is 1. The monoisotopic (exact) mass is 467 g/mol. The van der Waals surface area contributed by atoms with E-state index in [9.17, 15) is 10.1 Å². The highest BCUT2D eigenvalue weighted by atomic mass is 16.5. The summed E-state index contributed by atoms with van der Waals surface area (Å²) in [6.07, 6.45) is 1.42. The van der Waals surface area contributed by atoms with E-state index in [1.54, 1.807) is 0 Å². The van der Waals surface area contributed by atoms with E-state index in [0.717, 1.165) is 33.2 Å². The topological polar surface area (TPSA) is 92.8 Å². The summed E-state index contributed by atoms with van der Waals surface area (Å²) in [4.78, 5) is 17.7. The van der Waals surface area contributed by atoms with Gasteiger partial charge in [-0.1, -0.05) is 56.7 Å². The Morgan fingerprint density at radius 2 is 1.89 bits per heavy atom. The van der Waals surface area contributed by atoms with Gasteiger partial charge in [-0.25, -0.2) is 4.98 Å². The van der Waals surface area contributed by atoms with Crippen molar-refractivity contribution in [3.05, 3.63) is 76.5 Å². The minimum atomic E-state index is -0.391. The molecule has 2 aromatic carbocycles. The average Bonchev–Trinajstić information content (AvgIpc) is 3.20. The molecule has 0 atom stereocenters. The summed E-state index contributed by atoms with van der Waals surface area (Å²) in [5, 5.41) is 17.8. The Hall–Kier alpha value is -4.18. The molecular formula is C28H29N5O2. The predicted octanol–water partition coefficient (Wildman–Crippen LogP) is 5.53. The van der Waals surface area contributed by atoms with Crippen LogP contribution in [0.1, 0.15) is 48.6 Å². The highest BCUT2D eigenvalue weighted by Crippen LogP contribution is 2.32. The molecule has 0 saturated heterocycles. The number of nitriles is 1. The fraction of sp³-hybridized carbons (Fsp3) is 0.286. The molecule has 4 rings (SSSR count). The van der Waals surface area contributed by atoms with Gasteiger partial charge in [0.1, 0.15) is 17.4 Å². The molecule has 7 nitrogen and oxygen atoms in total. The number of carbonyl (C=O) groups is 1. The van der Waals surface area contributed by atoms with E-state index in [-0.39, 0.29) is 23.4 Å². The third-order valence-electron chi connectivity index (χ3n) is 5.90. The minimum absolute atomic E-state index is 0.137. The number of aromatic nitrogens is 3. The number of carbonyl (C=O) groups excluding carboxylic acids is 1. The number of aryl methyl sites for hydroxylation is 3. The normalized spacial score (nSPS) is 11.3. The molecule has 0 saturated carbocycles. The summed E-state index contributed by atoms with van der Waals surface area (Å²) >= 11 is 0. The maximum absolute atomic E-state index is 12.9. The van der Waals surface area contributed by atoms with E-state index < -0.39 is 5.91 Å². The number of nitrogens with one attached hydrogen (secondary N) is 1. The smallest absolute Gasteiger partial charge is 0.263 e. The molecule has 2 heterocycles. The zero-order valence-electron chi connectivity index (χ0n) is 20.9. The lowest BCUT2D eigenvalue weighted by Gasteiger charge is -2.23. The average molecular weight is 468 g/mol. The molecule has 0 radical (unpaired) electrons. The molecule has 0 fully saturated rings. The Labute approximate surface area is 205 Å². The van der Waals surface area contributed by atoms with Crippen LogP contribution in [0.5, 0.6) is 5.75 Å². The van der Waals surface area contributed by atoms with Crippen molar-refractivity contribution in [1.82, 2.24) is 14.8 Å². The summed E-state index contributed by atoms with van der Waals surface area (Å²) in [7, 11) is 0. The first kappa shape index (κ1) is 24.0. The van der Waals surface area contributed by atoms with Crippen LogP contribution in [0.15, 0.2) is 48.7 Å². The number of anilines is 1. The number of benzene rings is 2. The molecule has 7 heteroatoms. The highest BCUT2D eigenvalue weighted by molar-refractivity contribution is 5.93. The zero-order chi connectivity index (χ0) is 25.3. The molecule has 178 valence electrons. The lowest BCUT2D eigenvalue weighted by molar-refractivity contribution is -0.118. The molecule has 0 aliphatic carbocycles.